The molecule has 0 unspecified atom stereocenters. The molecule has 1 N–H and O–H groups in total. The van der Waals surface area contributed by atoms with Gasteiger partial charge in [0.25, 0.3) is 6.43 Å². The van der Waals surface area contributed by atoms with Gasteiger partial charge >= 0.3 is 6.03 Å². The van der Waals surface area contributed by atoms with E-state index in [1.807, 2.05) is 0 Å². The van der Waals surface area contributed by atoms with Gasteiger partial charge in [-0.1, -0.05) is 16.8 Å². The highest BCUT2D eigenvalue weighted by atomic mass is 35.5. The van der Waals surface area contributed by atoms with Gasteiger partial charge in [0.1, 0.15) is 29.8 Å². The van der Waals surface area contributed by atoms with Crippen LogP contribution in [0.15, 0.2) is 12.1 Å². The van der Waals surface area contributed by atoms with Gasteiger partial charge in [-0.2, -0.15) is 0 Å². The first-order chi connectivity index (χ1) is 20.1. The summed E-state index contributed by atoms with van der Waals surface area (Å²) in [5, 5.41) is 10.8. The highest BCUT2D eigenvalue weighted by Gasteiger charge is 2.56. The Bertz CT molecular complexity index is 1410. The number of ether oxygens (including phenoxy) is 1. The maximum atomic E-state index is 14.3. The molecule has 3 aliphatic heterocycles. The first-order valence-corrected chi connectivity index (χ1v) is 14.7. The van der Waals surface area contributed by atoms with Crippen molar-refractivity contribution in [2.75, 3.05) is 33.2 Å². The van der Waals surface area contributed by atoms with Gasteiger partial charge in [-0.25, -0.2) is 18.3 Å². The first kappa shape index (κ1) is 28.6. The summed E-state index contributed by atoms with van der Waals surface area (Å²) in [7, 11) is 2.95. The number of alkyl halides is 2. The molecule has 0 radical (unpaired) electrons. The number of nitrogens with one attached hydrogen (secondary N) is 1. The lowest BCUT2D eigenvalue weighted by atomic mass is 9.90. The van der Waals surface area contributed by atoms with Crippen molar-refractivity contribution in [2.24, 2.45) is 12.5 Å². The van der Waals surface area contributed by atoms with E-state index in [-0.39, 0.29) is 47.8 Å². The molecule has 4 heterocycles. The largest absolute Gasteiger partial charge is 0.487 e. The molecule has 2 aromatic rings. The maximum absolute atomic E-state index is 14.3. The summed E-state index contributed by atoms with van der Waals surface area (Å²) in [5.74, 6) is 0.206. The number of carbonyl (C=O) groups is 3. The van der Waals surface area contributed by atoms with E-state index in [4.69, 9.17) is 16.3 Å². The molecule has 2 atom stereocenters. The quantitative estimate of drug-likeness (QED) is 0.519. The molecule has 42 heavy (non-hydrogen) atoms. The monoisotopic (exact) mass is 605 g/mol. The topological polar surface area (TPSA) is 113 Å². The zero-order chi connectivity index (χ0) is 29.8. The van der Waals surface area contributed by atoms with Crippen LogP contribution in [0.5, 0.6) is 5.75 Å². The molecule has 11 nitrogen and oxygen atoms in total. The minimum absolute atomic E-state index is 0.00458. The number of hydrogen-bond acceptors (Lipinski definition) is 6. The average molecular weight is 606 g/mol. The molecule has 14 heteroatoms. The Balaban J connectivity index is 1.36. The minimum atomic E-state index is -2.78. The maximum Gasteiger partial charge on any atom is 0.317 e. The van der Waals surface area contributed by atoms with Crippen LogP contribution in [0, 0.1) is 5.41 Å². The van der Waals surface area contributed by atoms with Gasteiger partial charge in [-0.05, 0) is 55.2 Å². The van der Waals surface area contributed by atoms with E-state index in [0.717, 1.165) is 29.5 Å². The number of carbonyl (C=O) groups excluding carboxylic acids is 3. The fourth-order valence-electron chi connectivity index (χ4n) is 6.75. The fraction of sp³-hybridized carbons (Fsp3) is 0.607. The Morgan fingerprint density at radius 2 is 2.00 bits per heavy atom. The smallest absolute Gasteiger partial charge is 0.317 e. The van der Waals surface area contributed by atoms with Gasteiger partial charge < -0.3 is 24.8 Å². The van der Waals surface area contributed by atoms with Crippen molar-refractivity contribution in [3.8, 4) is 5.75 Å². The summed E-state index contributed by atoms with van der Waals surface area (Å²) in [6.45, 7) is 1.43. The third-order valence-electron chi connectivity index (χ3n) is 9.16. The predicted molar refractivity (Wildman–Crippen MR) is 147 cm³/mol. The average Bonchev–Trinajstić information content (AvgIpc) is 3.24. The molecule has 4 amide bonds. The molecule has 1 aromatic heterocycles. The third-order valence-corrected chi connectivity index (χ3v) is 9.51. The SMILES string of the molecule is CNC(=O)N1CC2(CC2)C[C@H]1C(=O)N1CCc2c(Cl)ccc(OCc3nnn(C)c3C(F)F)c2[C@H]1CN1CCCC1=O. The number of urea groups is 1. The number of amides is 4. The Hall–Kier alpha value is -3.48. The lowest BCUT2D eigenvalue weighted by molar-refractivity contribution is -0.140. The first-order valence-electron chi connectivity index (χ1n) is 14.3. The minimum Gasteiger partial charge on any atom is -0.487 e. The standard InChI is InChI=1S/C28H34ClF2N7O4/c1-32-27(41)38-15-28(8-9-28)12-19(38)26(40)37-11-7-16-17(29)5-6-21(23(16)20(37)13-36-10-3-4-22(36)39)42-14-18-24(25(30)31)35(2)34-33-18/h5-6,19-20,25H,3-4,7-15H2,1-2H3,(H,32,41)/t19-,20+/m0/s1. The van der Waals surface area contributed by atoms with Crippen LogP contribution in [0.25, 0.3) is 0 Å². The lowest BCUT2D eigenvalue weighted by Gasteiger charge is -2.42. The molecule has 4 aliphatic rings. The zero-order valence-corrected chi connectivity index (χ0v) is 24.4. The Labute approximate surface area is 247 Å². The van der Waals surface area contributed by atoms with Gasteiger partial charge in [0.2, 0.25) is 11.8 Å². The van der Waals surface area contributed by atoms with Crippen molar-refractivity contribution >= 4 is 29.4 Å². The molecule has 1 aromatic carbocycles. The van der Waals surface area contributed by atoms with Crippen LogP contribution in [0.2, 0.25) is 5.02 Å². The van der Waals surface area contributed by atoms with Gasteiger partial charge in [0.15, 0.2) is 0 Å². The van der Waals surface area contributed by atoms with Crippen LogP contribution in [-0.2, 0) is 29.7 Å². The highest BCUT2D eigenvalue weighted by Crippen LogP contribution is 2.55. The second-order valence-electron chi connectivity index (χ2n) is 11.7. The van der Waals surface area contributed by atoms with E-state index in [1.165, 1.54) is 7.05 Å². The fourth-order valence-corrected chi connectivity index (χ4v) is 7.01. The highest BCUT2D eigenvalue weighted by molar-refractivity contribution is 6.31. The van der Waals surface area contributed by atoms with E-state index in [2.05, 4.69) is 15.6 Å². The van der Waals surface area contributed by atoms with Gasteiger partial charge in [0.05, 0.1) is 6.04 Å². The second kappa shape index (κ2) is 11.0. The van der Waals surface area contributed by atoms with Crippen molar-refractivity contribution in [3.63, 3.8) is 0 Å². The molecule has 2 saturated heterocycles. The molecular weight excluding hydrogens is 572 g/mol. The molecule has 1 aliphatic carbocycles. The van der Waals surface area contributed by atoms with Gasteiger partial charge in [0, 0.05) is 57.3 Å². The molecule has 3 fully saturated rings. The van der Waals surface area contributed by atoms with E-state index in [1.54, 1.807) is 33.9 Å². The van der Waals surface area contributed by atoms with Crippen molar-refractivity contribution in [2.45, 2.75) is 63.6 Å². The van der Waals surface area contributed by atoms with Crippen molar-refractivity contribution in [1.82, 2.24) is 35.0 Å². The van der Waals surface area contributed by atoms with Crippen LogP contribution in [0.1, 0.15) is 67.1 Å². The summed E-state index contributed by atoms with van der Waals surface area (Å²) in [6.07, 6.45) is 1.38. The van der Waals surface area contributed by atoms with E-state index < -0.39 is 18.5 Å². The Morgan fingerprint density at radius 3 is 2.67 bits per heavy atom. The van der Waals surface area contributed by atoms with Crippen LogP contribution < -0.4 is 10.1 Å². The van der Waals surface area contributed by atoms with Crippen LogP contribution >= 0.6 is 11.6 Å². The van der Waals surface area contributed by atoms with Crippen LogP contribution in [0.3, 0.4) is 0 Å². The van der Waals surface area contributed by atoms with Crippen LogP contribution in [0.4, 0.5) is 13.6 Å². The summed E-state index contributed by atoms with van der Waals surface area (Å²) >= 11 is 6.67. The van der Waals surface area contributed by atoms with Gasteiger partial charge in [-0.3, -0.25) is 9.59 Å². The van der Waals surface area contributed by atoms with Crippen molar-refractivity contribution < 1.29 is 27.9 Å². The summed E-state index contributed by atoms with van der Waals surface area (Å²) < 4.78 is 34.5. The molecular formula is C28H34ClF2N7O4. The number of fused-ring (bicyclic) bond motifs is 1. The van der Waals surface area contributed by atoms with E-state index in [9.17, 15) is 23.2 Å². The van der Waals surface area contributed by atoms with E-state index in [0.29, 0.717) is 55.2 Å². The molecule has 0 bridgehead atoms. The predicted octanol–water partition coefficient (Wildman–Crippen LogP) is 3.23. The van der Waals surface area contributed by atoms with Crippen molar-refractivity contribution in [1.29, 1.82) is 0 Å². The normalized spacial score (nSPS) is 22.7. The summed E-state index contributed by atoms with van der Waals surface area (Å²) in [5.41, 5.74) is 1.09. The number of benzene rings is 1. The number of aryl methyl sites for hydroxylation is 1. The number of halogens is 3. The number of rotatable bonds is 7. The molecule has 1 saturated carbocycles. The van der Waals surface area contributed by atoms with Crippen LogP contribution in [-0.4, -0.2) is 86.8 Å². The third kappa shape index (κ3) is 5.05. The zero-order valence-electron chi connectivity index (χ0n) is 23.6. The number of aromatic nitrogens is 3. The Kier molecular flexibility index (Phi) is 7.48. The van der Waals surface area contributed by atoms with Crippen molar-refractivity contribution in [3.05, 3.63) is 39.7 Å². The number of nitrogens with zero attached hydrogens (tertiary/aromatic N) is 6. The number of likely N-dealkylation sites (tertiary alicyclic amines) is 2. The molecule has 6 rings (SSSR count). The Morgan fingerprint density at radius 1 is 1.21 bits per heavy atom. The second-order valence-corrected chi connectivity index (χ2v) is 12.1. The molecule has 1 spiro atoms. The van der Waals surface area contributed by atoms with Gasteiger partial charge in [-0.15, -0.1) is 5.10 Å². The summed E-state index contributed by atoms with van der Waals surface area (Å²) in [6, 6.07) is 1.85. The molecule has 226 valence electrons. The van der Waals surface area contributed by atoms with E-state index >= 15 is 0 Å². The lowest BCUT2D eigenvalue weighted by Crippen LogP contribution is -2.54. The summed E-state index contributed by atoms with van der Waals surface area (Å²) in [4.78, 5) is 45.0. The number of hydrogen-bond donors (Lipinski definition) is 1.